The zero-order chi connectivity index (χ0) is 45.1. The summed E-state index contributed by atoms with van der Waals surface area (Å²) in [6.45, 7) is 6.25. The Morgan fingerprint density at radius 3 is 1.02 bits per heavy atom. The first-order chi connectivity index (χ1) is 30.5. The summed E-state index contributed by atoms with van der Waals surface area (Å²) >= 11 is 0. The minimum atomic E-state index is -0.820. The van der Waals surface area contributed by atoms with Crippen LogP contribution in [0.5, 0.6) is 0 Å². The van der Waals surface area contributed by atoms with Gasteiger partial charge >= 0.3 is 17.9 Å². The number of hydrogen-bond donors (Lipinski definition) is 0. The van der Waals surface area contributed by atoms with Crippen LogP contribution in [-0.4, -0.2) is 37.2 Å². The molecule has 1 atom stereocenters. The number of unbranched alkanes of at least 4 members (excludes halogenated alkanes) is 18. The first kappa shape index (κ1) is 57.8. The summed E-state index contributed by atoms with van der Waals surface area (Å²) in [5.74, 6) is -1.02. The molecule has 62 heavy (non-hydrogen) atoms. The maximum atomic E-state index is 12.8. The highest BCUT2D eigenvalue weighted by Gasteiger charge is 2.19. The first-order valence-electron chi connectivity index (χ1n) is 24.7. The lowest BCUT2D eigenvalue weighted by Crippen LogP contribution is -2.30. The molecule has 0 heterocycles. The topological polar surface area (TPSA) is 78.9 Å². The van der Waals surface area contributed by atoms with Gasteiger partial charge in [0.2, 0.25) is 0 Å². The second kappa shape index (κ2) is 49.5. The van der Waals surface area contributed by atoms with E-state index in [1.807, 2.05) is 60.8 Å². The zero-order valence-corrected chi connectivity index (χ0v) is 39.6. The predicted octanol–water partition coefficient (Wildman–Crippen LogP) is 16.1. The molecule has 6 heteroatoms. The molecule has 0 aliphatic carbocycles. The fraction of sp³-hybridized carbons (Fsp3) is 0.589. The van der Waals surface area contributed by atoms with Crippen LogP contribution in [-0.2, 0) is 28.6 Å². The number of ether oxygens (including phenoxy) is 3. The van der Waals surface area contributed by atoms with E-state index in [-0.39, 0.29) is 37.5 Å². The van der Waals surface area contributed by atoms with E-state index in [1.165, 1.54) is 44.9 Å². The lowest BCUT2D eigenvalue weighted by molar-refractivity contribution is -0.167. The van der Waals surface area contributed by atoms with Crippen LogP contribution in [0.2, 0.25) is 0 Å². The van der Waals surface area contributed by atoms with Crippen molar-refractivity contribution in [1.82, 2.24) is 0 Å². The van der Waals surface area contributed by atoms with Crippen LogP contribution >= 0.6 is 0 Å². The van der Waals surface area contributed by atoms with Gasteiger partial charge in [-0.05, 0) is 83.5 Å². The first-order valence-corrected chi connectivity index (χ1v) is 24.7. The van der Waals surface area contributed by atoms with Gasteiger partial charge in [0.1, 0.15) is 13.2 Å². The molecule has 0 aromatic heterocycles. The summed E-state index contributed by atoms with van der Waals surface area (Å²) in [5, 5.41) is 0. The van der Waals surface area contributed by atoms with Gasteiger partial charge in [0.25, 0.3) is 0 Å². The van der Waals surface area contributed by atoms with Crippen molar-refractivity contribution in [3.63, 3.8) is 0 Å². The Kier molecular flexibility index (Phi) is 46.1. The smallest absolute Gasteiger partial charge is 0.306 e. The molecule has 0 rings (SSSR count). The lowest BCUT2D eigenvalue weighted by Gasteiger charge is -2.18. The number of allylic oxidation sites excluding steroid dienone is 20. The van der Waals surface area contributed by atoms with Crippen molar-refractivity contribution in [2.75, 3.05) is 13.2 Å². The number of carbonyl (C=O) groups is 3. The number of rotatable bonds is 42. The van der Waals surface area contributed by atoms with Crippen molar-refractivity contribution in [3.05, 3.63) is 122 Å². The number of esters is 3. The van der Waals surface area contributed by atoms with Crippen LogP contribution in [0.25, 0.3) is 0 Å². The molecule has 0 bridgehead atoms. The Hall–Kier alpha value is -4.19. The van der Waals surface area contributed by atoms with E-state index in [4.69, 9.17) is 14.2 Å². The fourth-order valence-electron chi connectivity index (χ4n) is 6.22. The molecule has 0 amide bonds. The molecule has 0 saturated heterocycles. The quantitative estimate of drug-likeness (QED) is 0.0263. The summed E-state index contributed by atoms with van der Waals surface area (Å²) in [5.41, 5.74) is 0. The minimum Gasteiger partial charge on any atom is -0.462 e. The van der Waals surface area contributed by atoms with E-state index in [2.05, 4.69) is 81.5 Å². The standard InChI is InChI=1S/C56H88O6/c1-4-7-10-13-16-19-22-25-27-29-31-34-37-40-43-46-49-55(58)61-52-53(51-60-54(57)48-45-42-39-36-33-30-24-21-18-15-12-9-6-3)62-56(59)50-47-44-41-38-35-32-28-26-23-20-17-14-11-8-5-2/h8-9,11-12,14-15,17-18,20-21,23-24,26-31,33-34,53H,4-7,10,13,16,19,22,25,32,35-52H2,1-3H3/b11-8-,12-9-,17-14-,18-15-,23-20-,24-21-,28-26-,29-27-,33-30-,34-31-. The Balaban J connectivity index is 4.56. The van der Waals surface area contributed by atoms with Crippen molar-refractivity contribution < 1.29 is 28.6 Å². The monoisotopic (exact) mass is 857 g/mol. The largest absolute Gasteiger partial charge is 0.462 e. The third kappa shape index (κ3) is 46.9. The van der Waals surface area contributed by atoms with E-state index < -0.39 is 6.10 Å². The highest BCUT2D eigenvalue weighted by molar-refractivity contribution is 5.71. The van der Waals surface area contributed by atoms with Gasteiger partial charge in [0.05, 0.1) is 0 Å². The Bertz CT molecular complexity index is 1350. The normalized spacial score (nSPS) is 13.1. The molecule has 0 aliphatic rings. The van der Waals surface area contributed by atoms with Gasteiger partial charge in [-0.25, -0.2) is 0 Å². The average molecular weight is 857 g/mol. The van der Waals surface area contributed by atoms with Crippen molar-refractivity contribution >= 4 is 17.9 Å². The average Bonchev–Trinajstić information content (AvgIpc) is 3.27. The highest BCUT2D eigenvalue weighted by Crippen LogP contribution is 2.12. The minimum absolute atomic E-state index is 0.118. The molecule has 6 nitrogen and oxygen atoms in total. The molecule has 0 saturated carbocycles. The van der Waals surface area contributed by atoms with Gasteiger partial charge < -0.3 is 14.2 Å². The third-order valence-electron chi connectivity index (χ3n) is 9.90. The second-order valence-electron chi connectivity index (χ2n) is 15.8. The molecule has 1 unspecified atom stereocenters. The molecule has 0 fully saturated rings. The van der Waals surface area contributed by atoms with Gasteiger partial charge in [0.15, 0.2) is 6.10 Å². The molecule has 0 N–H and O–H groups in total. The van der Waals surface area contributed by atoms with Crippen LogP contribution < -0.4 is 0 Å². The molecule has 0 radical (unpaired) electrons. The summed E-state index contributed by atoms with van der Waals surface area (Å²) < 4.78 is 16.7. The summed E-state index contributed by atoms with van der Waals surface area (Å²) in [7, 11) is 0. The SMILES string of the molecule is CC\C=C/C=C\C=C/C=C\CCCCCCCC(=O)OC(COC(=O)CCCCC\C=C/C=C\C=C/C=C\CC)COC(=O)CCCCC/C=C\C=C/CCCCCCCCC. The third-order valence-corrected chi connectivity index (χ3v) is 9.90. The maximum absolute atomic E-state index is 12.8. The maximum Gasteiger partial charge on any atom is 0.306 e. The molecule has 0 spiro atoms. The van der Waals surface area contributed by atoms with E-state index >= 15 is 0 Å². The van der Waals surface area contributed by atoms with Crippen molar-refractivity contribution in [2.45, 2.75) is 200 Å². The Morgan fingerprint density at radius 1 is 0.339 bits per heavy atom. The van der Waals surface area contributed by atoms with Gasteiger partial charge in [-0.1, -0.05) is 213 Å². The van der Waals surface area contributed by atoms with Gasteiger partial charge in [0, 0.05) is 19.3 Å². The van der Waals surface area contributed by atoms with Crippen molar-refractivity contribution in [2.24, 2.45) is 0 Å². The summed E-state index contributed by atoms with van der Waals surface area (Å²) in [6.07, 6.45) is 67.5. The molecular formula is C56H88O6. The number of carbonyl (C=O) groups excluding carboxylic acids is 3. The zero-order valence-electron chi connectivity index (χ0n) is 39.6. The van der Waals surface area contributed by atoms with Gasteiger partial charge in [-0.2, -0.15) is 0 Å². The van der Waals surface area contributed by atoms with Crippen molar-refractivity contribution in [3.8, 4) is 0 Å². The highest BCUT2D eigenvalue weighted by atomic mass is 16.6. The van der Waals surface area contributed by atoms with E-state index in [9.17, 15) is 14.4 Å². The Morgan fingerprint density at radius 2 is 0.629 bits per heavy atom. The molecular weight excluding hydrogens is 769 g/mol. The van der Waals surface area contributed by atoms with Crippen LogP contribution in [0, 0.1) is 0 Å². The van der Waals surface area contributed by atoms with Crippen LogP contribution in [0.4, 0.5) is 0 Å². The predicted molar refractivity (Wildman–Crippen MR) is 265 cm³/mol. The van der Waals surface area contributed by atoms with Crippen LogP contribution in [0.1, 0.15) is 194 Å². The molecule has 0 aromatic rings. The molecule has 348 valence electrons. The van der Waals surface area contributed by atoms with E-state index in [1.54, 1.807) is 0 Å². The van der Waals surface area contributed by atoms with Crippen LogP contribution in [0.15, 0.2) is 122 Å². The summed E-state index contributed by atoms with van der Waals surface area (Å²) in [4.78, 5) is 37.9. The van der Waals surface area contributed by atoms with E-state index in [0.29, 0.717) is 12.8 Å². The van der Waals surface area contributed by atoms with Crippen molar-refractivity contribution in [1.29, 1.82) is 0 Å². The summed E-state index contributed by atoms with van der Waals surface area (Å²) in [6, 6.07) is 0. The Labute approximate surface area is 380 Å². The second-order valence-corrected chi connectivity index (χ2v) is 15.8. The number of hydrogen-bond acceptors (Lipinski definition) is 6. The van der Waals surface area contributed by atoms with Gasteiger partial charge in [-0.3, -0.25) is 14.4 Å². The molecule has 0 aliphatic heterocycles. The fourth-order valence-corrected chi connectivity index (χ4v) is 6.22. The molecule has 0 aromatic carbocycles. The lowest BCUT2D eigenvalue weighted by atomic mass is 10.1. The van der Waals surface area contributed by atoms with Crippen LogP contribution in [0.3, 0.4) is 0 Å². The van der Waals surface area contributed by atoms with Gasteiger partial charge in [-0.15, -0.1) is 0 Å². The van der Waals surface area contributed by atoms with E-state index in [0.717, 1.165) is 109 Å².